The summed E-state index contributed by atoms with van der Waals surface area (Å²) in [5, 5.41) is 2.78. The topological polar surface area (TPSA) is 84.9 Å². The molecule has 2 atom stereocenters. The average molecular weight is 501 g/mol. The second kappa shape index (κ2) is 12.7. The van der Waals surface area contributed by atoms with Gasteiger partial charge in [-0.05, 0) is 45.4 Å². The number of amides is 1. The minimum atomic E-state index is -3.87. The van der Waals surface area contributed by atoms with E-state index >= 15 is 0 Å². The predicted octanol–water partition coefficient (Wildman–Crippen LogP) is 4.84. The number of sulfonamides is 1. The lowest BCUT2D eigenvalue weighted by atomic mass is 10.1. The second-order valence-electron chi connectivity index (χ2n) is 9.17. The van der Waals surface area contributed by atoms with Gasteiger partial charge in [0.05, 0.1) is 23.6 Å². The largest absolute Gasteiger partial charge is 0.444 e. The monoisotopic (exact) mass is 500 g/mol. The summed E-state index contributed by atoms with van der Waals surface area (Å²) in [5.41, 5.74) is 1.16. The molecular formula is C27H36N2O5S. The van der Waals surface area contributed by atoms with Crippen molar-refractivity contribution in [3.05, 3.63) is 91.0 Å². The molecule has 0 aliphatic carbocycles. The van der Waals surface area contributed by atoms with Crippen LogP contribution in [0.1, 0.15) is 31.9 Å². The quantitative estimate of drug-likeness (QED) is 0.422. The summed E-state index contributed by atoms with van der Waals surface area (Å²) in [4.78, 5) is 12.8. The van der Waals surface area contributed by atoms with Gasteiger partial charge in [0.15, 0.2) is 0 Å². The zero-order chi connectivity index (χ0) is 26.1. The molecule has 0 saturated heterocycles. The molecule has 0 heterocycles. The van der Waals surface area contributed by atoms with Crippen molar-refractivity contribution in [2.24, 2.45) is 0 Å². The third-order valence-corrected chi connectivity index (χ3v) is 6.85. The van der Waals surface area contributed by atoms with E-state index in [9.17, 15) is 13.2 Å². The van der Waals surface area contributed by atoms with Crippen LogP contribution in [-0.2, 0) is 26.1 Å². The molecule has 0 unspecified atom stereocenters. The van der Waals surface area contributed by atoms with Crippen LogP contribution < -0.4 is 5.32 Å². The number of rotatable bonds is 12. The molecule has 8 heteroatoms. The van der Waals surface area contributed by atoms with Gasteiger partial charge < -0.3 is 14.8 Å². The van der Waals surface area contributed by atoms with Gasteiger partial charge in [0.25, 0.3) is 0 Å². The highest BCUT2D eigenvalue weighted by atomic mass is 32.2. The van der Waals surface area contributed by atoms with Crippen molar-refractivity contribution in [1.82, 2.24) is 9.62 Å². The number of carbonyl (C=O) groups is 1. The maximum atomic E-state index is 13.4. The van der Waals surface area contributed by atoms with Crippen molar-refractivity contribution in [3.63, 3.8) is 0 Å². The zero-order valence-electron chi connectivity index (χ0n) is 20.9. The van der Waals surface area contributed by atoms with Crippen LogP contribution in [-0.4, -0.2) is 49.7 Å². The number of nitrogens with one attached hydrogen (secondary N) is 1. The highest BCUT2D eigenvalue weighted by molar-refractivity contribution is 7.89. The van der Waals surface area contributed by atoms with E-state index in [-0.39, 0.29) is 24.6 Å². The van der Waals surface area contributed by atoms with Gasteiger partial charge in [-0.15, -0.1) is 13.2 Å². The Kier molecular flexibility index (Phi) is 10.2. The Balaban J connectivity index is 2.33. The summed E-state index contributed by atoms with van der Waals surface area (Å²) in [7, 11) is -3.87. The second-order valence-corrected chi connectivity index (χ2v) is 11.1. The lowest BCUT2D eigenvalue weighted by Crippen LogP contribution is -2.52. The van der Waals surface area contributed by atoms with Crippen LogP contribution in [0.4, 0.5) is 4.79 Å². The SMILES string of the molecule is C=CCN(C[C@@H](NC(=O)OC(C)(C)C)[C@@H](C=C)OCc1ccccc1)S(=O)(=O)c1ccc(C)cc1. The number of hydrogen-bond acceptors (Lipinski definition) is 5. The maximum absolute atomic E-state index is 13.4. The Labute approximate surface area is 209 Å². The van der Waals surface area contributed by atoms with Crippen LogP contribution >= 0.6 is 0 Å². The molecule has 0 bridgehead atoms. The van der Waals surface area contributed by atoms with Crippen molar-refractivity contribution in [3.8, 4) is 0 Å². The van der Waals surface area contributed by atoms with E-state index < -0.39 is 33.9 Å². The van der Waals surface area contributed by atoms with Gasteiger partial charge in [-0.3, -0.25) is 0 Å². The van der Waals surface area contributed by atoms with E-state index in [0.717, 1.165) is 11.1 Å². The fraction of sp³-hybridized carbons (Fsp3) is 0.370. The first kappa shape index (κ1) is 28.3. The summed E-state index contributed by atoms with van der Waals surface area (Å²) in [5.74, 6) is 0. The Morgan fingerprint density at radius 2 is 1.71 bits per heavy atom. The van der Waals surface area contributed by atoms with Crippen LogP contribution in [0.15, 0.2) is 84.8 Å². The lowest BCUT2D eigenvalue weighted by molar-refractivity contribution is 0.0237. The van der Waals surface area contributed by atoms with E-state index in [0.29, 0.717) is 0 Å². The molecule has 35 heavy (non-hydrogen) atoms. The van der Waals surface area contributed by atoms with Crippen LogP contribution in [0.5, 0.6) is 0 Å². The molecule has 0 aliphatic heterocycles. The highest BCUT2D eigenvalue weighted by Gasteiger charge is 2.32. The molecule has 0 radical (unpaired) electrons. The Bertz CT molecular complexity index is 1080. The number of hydrogen-bond donors (Lipinski definition) is 1. The molecule has 190 valence electrons. The number of benzene rings is 2. The molecule has 0 aliphatic rings. The Morgan fingerprint density at radius 1 is 1.09 bits per heavy atom. The fourth-order valence-corrected chi connectivity index (χ4v) is 4.74. The highest BCUT2D eigenvalue weighted by Crippen LogP contribution is 2.19. The Hall–Kier alpha value is -2.94. The number of ether oxygens (including phenoxy) is 2. The minimum Gasteiger partial charge on any atom is -0.444 e. The predicted molar refractivity (Wildman–Crippen MR) is 139 cm³/mol. The lowest BCUT2D eigenvalue weighted by Gasteiger charge is -2.31. The zero-order valence-corrected chi connectivity index (χ0v) is 21.8. The summed E-state index contributed by atoms with van der Waals surface area (Å²) in [6.07, 6.45) is 1.69. The van der Waals surface area contributed by atoms with Gasteiger partial charge in [-0.1, -0.05) is 60.2 Å². The molecule has 0 saturated carbocycles. The van der Waals surface area contributed by atoms with E-state index in [2.05, 4.69) is 18.5 Å². The average Bonchev–Trinajstić information content (AvgIpc) is 2.78. The summed E-state index contributed by atoms with van der Waals surface area (Å²) < 4.78 is 39.6. The smallest absolute Gasteiger partial charge is 0.408 e. The standard InChI is InChI=1S/C27H36N2O5S/c1-7-18-29(35(31,32)23-16-14-21(3)15-17-23)19-24(28-26(30)34-27(4,5)6)25(8-2)33-20-22-12-10-9-11-13-22/h7-17,24-25H,1-2,18-20H2,3-6H3,(H,28,30)/t24-,25-/m1/s1. The summed E-state index contributed by atoms with van der Waals surface area (Å²) >= 11 is 0. The molecule has 7 nitrogen and oxygen atoms in total. The molecule has 1 amide bonds. The molecule has 1 N–H and O–H groups in total. The van der Waals surface area contributed by atoms with Crippen molar-refractivity contribution in [2.45, 2.75) is 56.9 Å². The van der Waals surface area contributed by atoms with Crippen LogP contribution in [0.25, 0.3) is 0 Å². The van der Waals surface area contributed by atoms with Crippen molar-refractivity contribution < 1.29 is 22.7 Å². The van der Waals surface area contributed by atoms with Gasteiger partial charge in [0.1, 0.15) is 5.60 Å². The molecule has 2 rings (SSSR count). The van der Waals surface area contributed by atoms with Crippen LogP contribution in [0.2, 0.25) is 0 Å². The van der Waals surface area contributed by atoms with Crippen molar-refractivity contribution >= 4 is 16.1 Å². The number of alkyl carbamates (subject to hydrolysis) is 1. The number of nitrogens with zero attached hydrogens (tertiary/aromatic N) is 1. The Morgan fingerprint density at radius 3 is 2.26 bits per heavy atom. The van der Waals surface area contributed by atoms with E-state index in [1.807, 2.05) is 37.3 Å². The fourth-order valence-electron chi connectivity index (χ4n) is 3.30. The van der Waals surface area contributed by atoms with Crippen LogP contribution in [0.3, 0.4) is 0 Å². The van der Waals surface area contributed by atoms with Crippen molar-refractivity contribution in [2.75, 3.05) is 13.1 Å². The minimum absolute atomic E-state index is 0.0469. The number of aryl methyl sites for hydroxylation is 1. The van der Waals surface area contributed by atoms with Gasteiger partial charge in [0.2, 0.25) is 10.0 Å². The normalized spacial score (nSPS) is 13.6. The van der Waals surface area contributed by atoms with Gasteiger partial charge in [0, 0.05) is 13.1 Å². The first-order chi connectivity index (χ1) is 16.5. The van der Waals surface area contributed by atoms with Gasteiger partial charge in [-0.2, -0.15) is 4.31 Å². The van der Waals surface area contributed by atoms with Gasteiger partial charge >= 0.3 is 6.09 Å². The molecule has 0 spiro atoms. The van der Waals surface area contributed by atoms with Crippen LogP contribution in [0, 0.1) is 6.92 Å². The number of carbonyl (C=O) groups excluding carboxylic acids is 1. The third kappa shape index (κ3) is 8.98. The summed E-state index contributed by atoms with van der Waals surface area (Å²) in [6.45, 7) is 14.9. The van der Waals surface area contributed by atoms with E-state index in [1.165, 1.54) is 10.4 Å². The molecule has 0 fully saturated rings. The summed E-state index contributed by atoms with van der Waals surface area (Å²) in [6, 6.07) is 15.4. The van der Waals surface area contributed by atoms with Gasteiger partial charge in [-0.25, -0.2) is 13.2 Å². The maximum Gasteiger partial charge on any atom is 0.408 e. The molecular weight excluding hydrogens is 464 g/mol. The first-order valence-electron chi connectivity index (χ1n) is 11.4. The first-order valence-corrected chi connectivity index (χ1v) is 12.9. The molecule has 2 aromatic rings. The van der Waals surface area contributed by atoms with E-state index in [4.69, 9.17) is 9.47 Å². The van der Waals surface area contributed by atoms with E-state index in [1.54, 1.807) is 51.1 Å². The van der Waals surface area contributed by atoms with Crippen molar-refractivity contribution in [1.29, 1.82) is 0 Å². The molecule has 0 aromatic heterocycles. The molecule has 2 aromatic carbocycles. The third-order valence-electron chi connectivity index (χ3n) is 5.01.